The lowest BCUT2D eigenvalue weighted by atomic mass is 9.90. The predicted octanol–water partition coefficient (Wildman–Crippen LogP) is 1.32. The van der Waals surface area contributed by atoms with E-state index in [4.69, 9.17) is 10.5 Å². The highest BCUT2D eigenvalue weighted by atomic mass is 32.1. The normalized spacial score (nSPS) is 29.0. The molecule has 0 unspecified atom stereocenters. The average molecular weight is 257 g/mol. The summed E-state index contributed by atoms with van der Waals surface area (Å²) in [4.78, 5) is 11.7. The third-order valence-electron chi connectivity index (χ3n) is 3.03. The summed E-state index contributed by atoms with van der Waals surface area (Å²) in [5.74, 6) is -0.167. The first-order valence-corrected chi connectivity index (χ1v) is 6.13. The molecule has 1 saturated heterocycles. The SMILES string of the molecule is CCC[C@H]1C[C@](C)(/C(C)=N\NC(N)=S)OC1=O. The van der Waals surface area contributed by atoms with Crippen molar-refractivity contribution in [3.63, 3.8) is 0 Å². The molecule has 2 atom stereocenters. The van der Waals surface area contributed by atoms with E-state index in [1.165, 1.54) is 0 Å². The van der Waals surface area contributed by atoms with Crippen LogP contribution in [-0.2, 0) is 9.53 Å². The molecule has 0 radical (unpaired) electrons. The van der Waals surface area contributed by atoms with E-state index in [1.807, 2.05) is 6.92 Å². The molecular weight excluding hydrogens is 238 g/mol. The molecule has 1 heterocycles. The lowest BCUT2D eigenvalue weighted by Gasteiger charge is -2.22. The van der Waals surface area contributed by atoms with Crippen molar-refractivity contribution in [3.05, 3.63) is 0 Å². The maximum Gasteiger partial charge on any atom is 0.310 e. The van der Waals surface area contributed by atoms with Gasteiger partial charge in [-0.2, -0.15) is 5.10 Å². The number of esters is 1. The van der Waals surface area contributed by atoms with E-state index >= 15 is 0 Å². The van der Waals surface area contributed by atoms with Crippen LogP contribution in [0.2, 0.25) is 0 Å². The number of nitrogens with zero attached hydrogens (tertiary/aromatic N) is 1. The van der Waals surface area contributed by atoms with Crippen LogP contribution in [-0.4, -0.2) is 22.4 Å². The van der Waals surface area contributed by atoms with Crippen LogP contribution in [0.5, 0.6) is 0 Å². The molecule has 0 saturated carbocycles. The van der Waals surface area contributed by atoms with Crippen molar-refractivity contribution in [2.24, 2.45) is 16.8 Å². The minimum absolute atomic E-state index is 0.0278. The molecule has 0 aromatic heterocycles. The molecule has 0 aliphatic carbocycles. The molecule has 0 bridgehead atoms. The van der Waals surface area contributed by atoms with E-state index in [9.17, 15) is 4.79 Å². The topological polar surface area (TPSA) is 76.7 Å². The van der Waals surface area contributed by atoms with Gasteiger partial charge < -0.3 is 10.5 Å². The van der Waals surface area contributed by atoms with Crippen LogP contribution in [0.1, 0.15) is 40.0 Å². The second-order valence-corrected chi connectivity index (χ2v) is 4.95. The number of nitrogens with two attached hydrogens (primary N) is 1. The summed E-state index contributed by atoms with van der Waals surface area (Å²) in [5.41, 5.74) is 7.84. The van der Waals surface area contributed by atoms with Crippen molar-refractivity contribution < 1.29 is 9.53 Å². The van der Waals surface area contributed by atoms with Crippen molar-refractivity contribution in [2.45, 2.75) is 45.6 Å². The first kappa shape index (κ1) is 13.9. The van der Waals surface area contributed by atoms with Gasteiger partial charge >= 0.3 is 5.97 Å². The maximum atomic E-state index is 11.7. The largest absolute Gasteiger partial charge is 0.453 e. The van der Waals surface area contributed by atoms with Crippen LogP contribution < -0.4 is 11.2 Å². The Morgan fingerprint density at radius 3 is 2.94 bits per heavy atom. The fourth-order valence-electron chi connectivity index (χ4n) is 1.95. The molecular formula is C11H19N3O2S. The van der Waals surface area contributed by atoms with Crippen LogP contribution >= 0.6 is 12.2 Å². The number of rotatable bonds is 4. The Morgan fingerprint density at radius 1 is 1.76 bits per heavy atom. The first-order valence-electron chi connectivity index (χ1n) is 5.72. The Hall–Kier alpha value is -1.17. The van der Waals surface area contributed by atoms with Crippen molar-refractivity contribution in [2.75, 3.05) is 0 Å². The Labute approximate surface area is 107 Å². The van der Waals surface area contributed by atoms with E-state index in [0.29, 0.717) is 12.1 Å². The van der Waals surface area contributed by atoms with Gasteiger partial charge in [-0.25, -0.2) is 0 Å². The van der Waals surface area contributed by atoms with Crippen molar-refractivity contribution >= 4 is 29.0 Å². The number of carbonyl (C=O) groups excluding carboxylic acids is 1. The Bertz CT molecular complexity index is 357. The molecule has 1 aliphatic rings. The summed E-state index contributed by atoms with van der Waals surface area (Å²) in [7, 11) is 0. The minimum atomic E-state index is -0.644. The van der Waals surface area contributed by atoms with Gasteiger partial charge in [0, 0.05) is 6.42 Å². The van der Waals surface area contributed by atoms with E-state index in [-0.39, 0.29) is 17.0 Å². The Balaban J connectivity index is 2.73. The number of hydrazone groups is 1. The number of cyclic esters (lactones) is 1. The first-order chi connectivity index (χ1) is 7.89. The molecule has 3 N–H and O–H groups in total. The summed E-state index contributed by atoms with van der Waals surface area (Å²) in [6.07, 6.45) is 2.48. The van der Waals surface area contributed by atoms with Crippen LogP contribution in [0.3, 0.4) is 0 Å². The zero-order valence-electron chi connectivity index (χ0n) is 10.4. The zero-order valence-corrected chi connectivity index (χ0v) is 11.3. The number of hydrogen-bond acceptors (Lipinski definition) is 4. The third-order valence-corrected chi connectivity index (χ3v) is 3.12. The summed E-state index contributed by atoms with van der Waals surface area (Å²) < 4.78 is 5.41. The fraction of sp³-hybridized carbons (Fsp3) is 0.727. The summed E-state index contributed by atoms with van der Waals surface area (Å²) in [5, 5.41) is 4.13. The van der Waals surface area contributed by atoms with Gasteiger partial charge in [-0.1, -0.05) is 13.3 Å². The van der Waals surface area contributed by atoms with Gasteiger partial charge in [0.2, 0.25) is 0 Å². The van der Waals surface area contributed by atoms with Crippen LogP contribution in [0, 0.1) is 5.92 Å². The second kappa shape index (κ2) is 5.44. The van der Waals surface area contributed by atoms with Gasteiger partial charge in [0.1, 0.15) is 5.60 Å². The van der Waals surface area contributed by atoms with Crippen LogP contribution in [0.25, 0.3) is 0 Å². The van der Waals surface area contributed by atoms with Gasteiger partial charge in [0.25, 0.3) is 0 Å². The molecule has 0 amide bonds. The molecule has 1 aliphatic heterocycles. The average Bonchev–Trinajstić information content (AvgIpc) is 2.52. The molecule has 96 valence electrons. The number of ether oxygens (including phenoxy) is 1. The van der Waals surface area contributed by atoms with Gasteiger partial charge in [-0.05, 0) is 32.5 Å². The molecule has 0 aromatic carbocycles. The van der Waals surface area contributed by atoms with E-state index in [0.717, 1.165) is 12.8 Å². The quantitative estimate of drug-likeness (QED) is 0.344. The van der Waals surface area contributed by atoms with Crippen LogP contribution in [0.4, 0.5) is 0 Å². The molecule has 5 nitrogen and oxygen atoms in total. The van der Waals surface area contributed by atoms with Gasteiger partial charge in [0.15, 0.2) is 5.11 Å². The molecule has 1 rings (SSSR count). The summed E-state index contributed by atoms with van der Waals surface area (Å²) in [6.45, 7) is 5.71. The lowest BCUT2D eigenvalue weighted by molar-refractivity contribution is -0.146. The molecule has 1 fully saturated rings. The Kier molecular flexibility index (Phi) is 4.45. The molecule has 0 spiro atoms. The minimum Gasteiger partial charge on any atom is -0.453 e. The number of nitrogens with one attached hydrogen (secondary N) is 1. The lowest BCUT2D eigenvalue weighted by Crippen LogP contribution is -2.36. The number of hydrogen-bond donors (Lipinski definition) is 2. The summed E-state index contributed by atoms with van der Waals surface area (Å²) >= 11 is 4.66. The Morgan fingerprint density at radius 2 is 2.41 bits per heavy atom. The zero-order chi connectivity index (χ0) is 13.1. The second-order valence-electron chi connectivity index (χ2n) is 4.51. The molecule has 0 aromatic rings. The van der Waals surface area contributed by atoms with Crippen molar-refractivity contribution in [1.82, 2.24) is 5.43 Å². The third kappa shape index (κ3) is 3.39. The fourth-order valence-corrected chi connectivity index (χ4v) is 1.99. The maximum absolute atomic E-state index is 11.7. The molecule has 17 heavy (non-hydrogen) atoms. The van der Waals surface area contributed by atoms with Gasteiger partial charge in [-0.3, -0.25) is 10.2 Å². The van der Waals surface area contributed by atoms with Gasteiger partial charge in [0.05, 0.1) is 11.6 Å². The smallest absolute Gasteiger partial charge is 0.310 e. The molecule has 6 heteroatoms. The van der Waals surface area contributed by atoms with E-state index in [1.54, 1.807) is 6.92 Å². The number of thiocarbonyl (C=S) groups is 1. The highest BCUT2D eigenvalue weighted by Gasteiger charge is 2.45. The van der Waals surface area contributed by atoms with E-state index < -0.39 is 5.60 Å². The predicted molar refractivity (Wildman–Crippen MR) is 70.5 cm³/mol. The van der Waals surface area contributed by atoms with E-state index in [2.05, 4.69) is 29.7 Å². The highest BCUT2D eigenvalue weighted by Crippen LogP contribution is 2.34. The van der Waals surface area contributed by atoms with Gasteiger partial charge in [-0.15, -0.1) is 0 Å². The number of carbonyl (C=O) groups is 1. The monoisotopic (exact) mass is 257 g/mol. The van der Waals surface area contributed by atoms with Crippen molar-refractivity contribution in [3.8, 4) is 0 Å². The van der Waals surface area contributed by atoms with Crippen LogP contribution in [0.15, 0.2) is 5.10 Å². The standard InChI is InChI=1S/C11H19N3O2S/c1-4-5-8-6-11(3,16-9(8)15)7(2)13-14-10(12)17/h8H,4-6H2,1-3H3,(H3,12,14,17)/b13-7-/t8-,11+/m0/s1. The summed E-state index contributed by atoms with van der Waals surface area (Å²) in [6, 6.07) is 0. The van der Waals surface area contributed by atoms with Crippen molar-refractivity contribution in [1.29, 1.82) is 0 Å². The highest BCUT2D eigenvalue weighted by molar-refractivity contribution is 7.80.